The van der Waals surface area contributed by atoms with Crippen molar-refractivity contribution in [1.82, 2.24) is 14.5 Å². The minimum absolute atomic E-state index is 0.487. The minimum Gasteiger partial charge on any atom is -0.392 e. The molecule has 0 amide bonds. The predicted molar refractivity (Wildman–Crippen MR) is 93.9 cm³/mol. The smallest absolute Gasteiger partial charge is 0.160 e. The van der Waals surface area contributed by atoms with Crippen molar-refractivity contribution in [3.8, 4) is 0 Å². The van der Waals surface area contributed by atoms with Crippen LogP contribution in [0.2, 0.25) is 0 Å². The Bertz CT molecular complexity index is 671. The van der Waals surface area contributed by atoms with E-state index in [1.807, 2.05) is 13.1 Å². The summed E-state index contributed by atoms with van der Waals surface area (Å²) in [7, 11) is 0. The maximum absolute atomic E-state index is 5.77. The van der Waals surface area contributed by atoms with Crippen LogP contribution in [0.15, 0.2) is 12.3 Å². The highest BCUT2D eigenvalue weighted by Gasteiger charge is 2.17. The van der Waals surface area contributed by atoms with Crippen LogP contribution in [0.25, 0.3) is 11.2 Å². The van der Waals surface area contributed by atoms with Gasteiger partial charge in [-0.2, -0.15) is 0 Å². The van der Waals surface area contributed by atoms with Crippen molar-refractivity contribution in [3.63, 3.8) is 0 Å². The van der Waals surface area contributed by atoms with Gasteiger partial charge in [-0.15, -0.1) is 0 Å². The van der Waals surface area contributed by atoms with Crippen molar-refractivity contribution < 1.29 is 0 Å². The summed E-state index contributed by atoms with van der Waals surface area (Å²) in [6.07, 6.45) is 11.0. The third-order valence-corrected chi connectivity index (χ3v) is 4.74. The van der Waals surface area contributed by atoms with Crippen LogP contribution in [-0.2, 0) is 13.0 Å². The molecule has 4 nitrogen and oxygen atoms in total. The molecule has 2 N–H and O–H groups in total. The van der Waals surface area contributed by atoms with Gasteiger partial charge in [0.2, 0.25) is 0 Å². The first-order chi connectivity index (χ1) is 10.6. The lowest BCUT2D eigenvalue weighted by atomic mass is 9.86. The summed E-state index contributed by atoms with van der Waals surface area (Å²) in [6.45, 7) is 2.57. The maximum atomic E-state index is 5.77. The average Bonchev–Trinajstić information content (AvgIpc) is 2.82. The van der Waals surface area contributed by atoms with Crippen molar-refractivity contribution in [2.24, 2.45) is 11.7 Å². The normalized spacial score (nSPS) is 16.2. The molecule has 5 heteroatoms. The van der Waals surface area contributed by atoms with E-state index in [-0.39, 0.29) is 0 Å². The van der Waals surface area contributed by atoms with E-state index in [1.165, 1.54) is 38.5 Å². The molecule has 2 aromatic rings. The van der Waals surface area contributed by atoms with Crippen molar-refractivity contribution in [3.05, 3.63) is 23.7 Å². The van der Waals surface area contributed by atoms with E-state index in [2.05, 4.69) is 15.6 Å². The zero-order valence-corrected chi connectivity index (χ0v) is 14.0. The van der Waals surface area contributed by atoms with Gasteiger partial charge in [-0.3, -0.25) is 0 Å². The molecular formula is C17H24N4S. The molecule has 0 spiro atoms. The van der Waals surface area contributed by atoms with Crippen LogP contribution in [0.5, 0.6) is 0 Å². The highest BCUT2D eigenvalue weighted by atomic mass is 32.1. The SMILES string of the molecule is Cc1cnc2c(c1)nc(CCC1CCCCC1)n2CC(N)=S. The second kappa shape index (κ2) is 6.73. The maximum Gasteiger partial charge on any atom is 0.160 e. The van der Waals surface area contributed by atoms with E-state index in [9.17, 15) is 0 Å². The zero-order valence-electron chi connectivity index (χ0n) is 13.2. The number of nitrogens with two attached hydrogens (primary N) is 1. The van der Waals surface area contributed by atoms with Gasteiger partial charge in [-0.25, -0.2) is 9.97 Å². The Kier molecular flexibility index (Phi) is 4.71. The summed E-state index contributed by atoms with van der Waals surface area (Å²) >= 11 is 5.10. The van der Waals surface area contributed by atoms with Crippen LogP contribution in [0, 0.1) is 12.8 Å². The molecule has 0 unspecified atom stereocenters. The lowest BCUT2D eigenvalue weighted by Crippen LogP contribution is -2.19. The van der Waals surface area contributed by atoms with Gasteiger partial charge in [0.25, 0.3) is 0 Å². The van der Waals surface area contributed by atoms with Gasteiger partial charge in [0.1, 0.15) is 11.3 Å². The molecule has 1 aliphatic carbocycles. The van der Waals surface area contributed by atoms with Gasteiger partial charge >= 0.3 is 0 Å². The highest BCUT2D eigenvalue weighted by molar-refractivity contribution is 7.80. The van der Waals surface area contributed by atoms with Crippen LogP contribution in [0.4, 0.5) is 0 Å². The Labute approximate surface area is 137 Å². The van der Waals surface area contributed by atoms with Gasteiger partial charge in [0.05, 0.1) is 11.5 Å². The van der Waals surface area contributed by atoms with Gasteiger partial charge in [0.15, 0.2) is 5.65 Å². The quantitative estimate of drug-likeness (QED) is 0.857. The molecular weight excluding hydrogens is 292 g/mol. The van der Waals surface area contributed by atoms with E-state index < -0.39 is 0 Å². The molecule has 22 heavy (non-hydrogen) atoms. The Hall–Kier alpha value is -1.49. The number of imidazole rings is 1. The molecule has 1 aliphatic rings. The number of aromatic nitrogens is 3. The fourth-order valence-electron chi connectivity index (χ4n) is 3.48. The topological polar surface area (TPSA) is 56.7 Å². The van der Waals surface area contributed by atoms with E-state index in [0.717, 1.165) is 34.9 Å². The molecule has 0 atom stereocenters. The Morgan fingerprint density at radius 1 is 1.36 bits per heavy atom. The predicted octanol–water partition coefficient (Wildman–Crippen LogP) is 3.54. The standard InChI is InChI=1S/C17H24N4S/c1-12-9-14-17(19-10-12)21(11-15(18)22)16(20-14)8-7-13-5-3-2-4-6-13/h9-10,13H,2-8,11H2,1H3,(H2,18,22). The summed E-state index contributed by atoms with van der Waals surface area (Å²) in [5.41, 5.74) is 8.75. The van der Waals surface area contributed by atoms with Crippen LogP contribution < -0.4 is 5.73 Å². The molecule has 3 rings (SSSR count). The first-order valence-electron chi connectivity index (χ1n) is 8.23. The van der Waals surface area contributed by atoms with Gasteiger partial charge < -0.3 is 10.3 Å². The summed E-state index contributed by atoms with van der Waals surface area (Å²) in [5, 5.41) is 0. The second-order valence-electron chi connectivity index (χ2n) is 6.48. The molecule has 1 saturated carbocycles. The number of pyridine rings is 1. The second-order valence-corrected chi connectivity index (χ2v) is 7.00. The van der Waals surface area contributed by atoms with Gasteiger partial charge in [-0.05, 0) is 30.9 Å². The third-order valence-electron chi connectivity index (χ3n) is 4.62. The lowest BCUT2D eigenvalue weighted by Gasteiger charge is -2.21. The van der Waals surface area contributed by atoms with Crippen LogP contribution in [0.3, 0.4) is 0 Å². The van der Waals surface area contributed by atoms with Crippen molar-refractivity contribution >= 4 is 28.4 Å². The van der Waals surface area contributed by atoms with Gasteiger partial charge in [-0.1, -0.05) is 44.3 Å². The number of hydrogen-bond donors (Lipinski definition) is 1. The summed E-state index contributed by atoms with van der Waals surface area (Å²) in [4.78, 5) is 9.82. The van der Waals surface area contributed by atoms with Crippen LogP contribution in [-0.4, -0.2) is 19.5 Å². The number of aryl methyl sites for hydroxylation is 2. The monoisotopic (exact) mass is 316 g/mol. The summed E-state index contributed by atoms with van der Waals surface area (Å²) < 4.78 is 2.10. The van der Waals surface area contributed by atoms with E-state index in [1.54, 1.807) is 0 Å². The molecule has 0 aliphatic heterocycles. The molecule has 0 radical (unpaired) electrons. The molecule has 0 aromatic carbocycles. The third kappa shape index (κ3) is 3.46. The first-order valence-corrected chi connectivity index (χ1v) is 8.64. The van der Waals surface area contributed by atoms with E-state index in [0.29, 0.717) is 11.5 Å². The highest BCUT2D eigenvalue weighted by Crippen LogP contribution is 2.28. The zero-order chi connectivity index (χ0) is 15.5. The largest absolute Gasteiger partial charge is 0.392 e. The van der Waals surface area contributed by atoms with Crippen molar-refractivity contribution in [2.75, 3.05) is 0 Å². The van der Waals surface area contributed by atoms with E-state index >= 15 is 0 Å². The fourth-order valence-corrected chi connectivity index (χ4v) is 3.61. The Morgan fingerprint density at radius 3 is 2.86 bits per heavy atom. The fraction of sp³-hybridized carbons (Fsp3) is 0.588. The molecule has 2 heterocycles. The molecule has 1 fully saturated rings. The number of rotatable bonds is 5. The number of fused-ring (bicyclic) bond motifs is 1. The van der Waals surface area contributed by atoms with Gasteiger partial charge in [0, 0.05) is 12.6 Å². The lowest BCUT2D eigenvalue weighted by molar-refractivity contribution is 0.336. The summed E-state index contributed by atoms with van der Waals surface area (Å²) in [6, 6.07) is 2.09. The van der Waals surface area contributed by atoms with Crippen LogP contribution >= 0.6 is 12.2 Å². The Morgan fingerprint density at radius 2 is 2.14 bits per heavy atom. The number of thiocarbonyl (C=S) groups is 1. The van der Waals surface area contributed by atoms with Crippen molar-refractivity contribution in [2.45, 2.75) is 58.4 Å². The number of nitrogens with zero attached hydrogens (tertiary/aromatic N) is 3. The van der Waals surface area contributed by atoms with Crippen molar-refractivity contribution in [1.29, 1.82) is 0 Å². The number of hydrogen-bond acceptors (Lipinski definition) is 3. The average molecular weight is 316 g/mol. The molecule has 0 saturated heterocycles. The molecule has 2 aromatic heterocycles. The van der Waals surface area contributed by atoms with E-state index in [4.69, 9.17) is 22.9 Å². The molecule has 0 bridgehead atoms. The van der Waals surface area contributed by atoms with Crippen LogP contribution in [0.1, 0.15) is 49.9 Å². The molecule has 118 valence electrons. The minimum atomic E-state index is 0.487. The first kappa shape index (κ1) is 15.4. The summed E-state index contributed by atoms with van der Waals surface area (Å²) in [5.74, 6) is 1.92. The Balaban J connectivity index is 1.84.